The number of hydrogen-bond acceptors (Lipinski definition) is 6. The van der Waals surface area contributed by atoms with Crippen molar-refractivity contribution in [1.29, 1.82) is 0 Å². The fourth-order valence-electron chi connectivity index (χ4n) is 4.00. The molecule has 176 valence electrons. The average molecular weight is 501 g/mol. The van der Waals surface area contributed by atoms with Crippen molar-refractivity contribution in [1.82, 2.24) is 14.5 Å². The number of fused-ring (bicyclic) bond motifs is 3. The van der Waals surface area contributed by atoms with Crippen LogP contribution < -0.4 is 10.9 Å². The molecule has 0 aliphatic heterocycles. The number of rotatable bonds is 7. The highest BCUT2D eigenvalue weighted by molar-refractivity contribution is 7.99. The Morgan fingerprint density at radius 1 is 1.09 bits per heavy atom. The van der Waals surface area contributed by atoms with Crippen molar-refractivity contribution in [2.75, 3.05) is 11.1 Å². The second kappa shape index (κ2) is 10.0. The minimum Gasteiger partial charge on any atom is -0.325 e. The van der Waals surface area contributed by atoms with E-state index in [1.54, 1.807) is 10.8 Å². The van der Waals surface area contributed by atoms with Crippen LogP contribution in [0.4, 0.5) is 5.69 Å². The molecule has 1 N–H and O–H groups in total. The highest BCUT2D eigenvalue weighted by atomic mass is 32.2. The molecule has 1 unspecified atom stereocenters. The number of thioether (sulfide) groups is 1. The number of nitrogens with zero attached hydrogens (tertiary/aromatic N) is 3. The van der Waals surface area contributed by atoms with E-state index in [0.29, 0.717) is 21.9 Å². The van der Waals surface area contributed by atoms with Crippen LogP contribution in [0.1, 0.15) is 24.0 Å². The Kier molecular flexibility index (Phi) is 6.66. The van der Waals surface area contributed by atoms with Crippen molar-refractivity contribution < 1.29 is 4.79 Å². The third kappa shape index (κ3) is 4.85. The zero-order valence-corrected chi connectivity index (χ0v) is 21.0. The first kappa shape index (κ1) is 23.3. The lowest BCUT2D eigenvalue weighted by atomic mass is 10.0. The molecule has 2 aromatic carbocycles. The van der Waals surface area contributed by atoms with Crippen molar-refractivity contribution in [2.45, 2.75) is 31.5 Å². The molecule has 0 aliphatic carbocycles. The molecular weight excluding hydrogens is 476 g/mol. The van der Waals surface area contributed by atoms with Gasteiger partial charge in [0.15, 0.2) is 5.16 Å². The summed E-state index contributed by atoms with van der Waals surface area (Å²) < 4.78 is 2.30. The Morgan fingerprint density at radius 3 is 2.66 bits per heavy atom. The standard InChI is InChI=1S/C27H24N4O2S2/c1-17-9-6-7-13-21(17)29-22(32)16-34-27-30-23-20-12-8-14-28-25(20)35-24(23)26(33)31(27)15-18(2)19-10-4-3-5-11-19/h3-14,18H,15-16H2,1-2H3,(H,29,32). The summed E-state index contributed by atoms with van der Waals surface area (Å²) in [4.78, 5) is 36.5. The second-order valence-electron chi connectivity index (χ2n) is 8.41. The van der Waals surface area contributed by atoms with Crippen molar-refractivity contribution in [2.24, 2.45) is 0 Å². The van der Waals surface area contributed by atoms with Gasteiger partial charge >= 0.3 is 0 Å². The van der Waals surface area contributed by atoms with Crippen molar-refractivity contribution in [3.63, 3.8) is 0 Å². The number of aryl methyl sites for hydroxylation is 1. The molecule has 3 heterocycles. The Bertz CT molecular complexity index is 1580. The highest BCUT2D eigenvalue weighted by Gasteiger charge is 2.20. The fraction of sp³-hybridized carbons (Fsp3) is 0.185. The summed E-state index contributed by atoms with van der Waals surface area (Å²) in [7, 11) is 0. The van der Waals surface area contributed by atoms with Gasteiger partial charge in [0, 0.05) is 23.8 Å². The topological polar surface area (TPSA) is 76.9 Å². The molecule has 0 saturated carbocycles. The number of anilines is 1. The Hall–Kier alpha value is -3.49. The monoisotopic (exact) mass is 500 g/mol. The molecule has 0 fully saturated rings. The largest absolute Gasteiger partial charge is 0.325 e. The number of para-hydroxylation sites is 1. The molecule has 5 aromatic rings. The predicted octanol–water partition coefficient (Wildman–Crippen LogP) is 5.85. The van der Waals surface area contributed by atoms with Crippen LogP contribution in [0.5, 0.6) is 0 Å². The number of aromatic nitrogens is 3. The predicted molar refractivity (Wildman–Crippen MR) is 145 cm³/mol. The van der Waals surface area contributed by atoms with Crippen molar-refractivity contribution in [3.05, 3.63) is 94.4 Å². The molecule has 35 heavy (non-hydrogen) atoms. The molecule has 0 bridgehead atoms. The first-order valence-corrected chi connectivity index (χ1v) is 13.1. The Balaban J connectivity index is 1.50. The molecule has 0 saturated heterocycles. The average Bonchev–Trinajstić information content (AvgIpc) is 3.25. The normalized spacial score (nSPS) is 12.2. The van der Waals surface area contributed by atoms with Gasteiger partial charge < -0.3 is 5.32 Å². The summed E-state index contributed by atoms with van der Waals surface area (Å²) in [6, 6.07) is 21.6. The van der Waals surface area contributed by atoms with E-state index in [2.05, 4.69) is 29.4 Å². The maximum Gasteiger partial charge on any atom is 0.272 e. The smallest absolute Gasteiger partial charge is 0.272 e. The van der Waals surface area contributed by atoms with Gasteiger partial charge in [-0.15, -0.1) is 11.3 Å². The third-order valence-electron chi connectivity index (χ3n) is 5.89. The van der Waals surface area contributed by atoms with Gasteiger partial charge in [-0.2, -0.15) is 0 Å². The van der Waals surface area contributed by atoms with Gasteiger partial charge in [-0.05, 0) is 42.2 Å². The first-order chi connectivity index (χ1) is 17.0. The second-order valence-corrected chi connectivity index (χ2v) is 10.4. The van der Waals surface area contributed by atoms with Crippen LogP contribution in [0.3, 0.4) is 0 Å². The number of carbonyl (C=O) groups excluding carboxylic acids is 1. The van der Waals surface area contributed by atoms with E-state index in [1.807, 2.05) is 61.5 Å². The molecule has 1 amide bonds. The summed E-state index contributed by atoms with van der Waals surface area (Å²) in [5, 5.41) is 4.36. The summed E-state index contributed by atoms with van der Waals surface area (Å²) in [5.41, 5.74) is 3.48. The van der Waals surface area contributed by atoms with Gasteiger partial charge in [0.25, 0.3) is 5.56 Å². The van der Waals surface area contributed by atoms with Crippen LogP contribution in [0.25, 0.3) is 20.4 Å². The molecule has 1 atom stereocenters. The van der Waals surface area contributed by atoms with E-state index < -0.39 is 0 Å². The number of hydrogen-bond donors (Lipinski definition) is 1. The molecule has 0 radical (unpaired) electrons. The van der Waals surface area contributed by atoms with Crippen LogP contribution in [0, 0.1) is 6.92 Å². The molecule has 0 spiro atoms. The summed E-state index contributed by atoms with van der Waals surface area (Å²) in [6.45, 7) is 4.52. The zero-order valence-electron chi connectivity index (χ0n) is 19.4. The number of thiophene rings is 1. The number of carbonyl (C=O) groups is 1. The summed E-state index contributed by atoms with van der Waals surface area (Å²) in [6.07, 6.45) is 1.72. The maximum absolute atomic E-state index is 13.7. The van der Waals surface area contributed by atoms with Gasteiger partial charge in [-0.25, -0.2) is 9.97 Å². The molecule has 5 rings (SSSR count). The van der Waals surface area contributed by atoms with Gasteiger partial charge in [-0.1, -0.05) is 67.2 Å². The lowest BCUT2D eigenvalue weighted by Crippen LogP contribution is -2.25. The van der Waals surface area contributed by atoms with E-state index in [-0.39, 0.29) is 23.1 Å². The van der Waals surface area contributed by atoms with Crippen LogP contribution in [0.2, 0.25) is 0 Å². The first-order valence-electron chi connectivity index (χ1n) is 11.3. The lowest BCUT2D eigenvalue weighted by molar-refractivity contribution is -0.113. The molecular formula is C27H24N4O2S2. The number of benzene rings is 2. The zero-order chi connectivity index (χ0) is 24.4. The molecule has 6 nitrogen and oxygen atoms in total. The van der Waals surface area contributed by atoms with Crippen molar-refractivity contribution >= 4 is 55.1 Å². The minimum absolute atomic E-state index is 0.0948. The van der Waals surface area contributed by atoms with Crippen LogP contribution in [-0.4, -0.2) is 26.2 Å². The Morgan fingerprint density at radius 2 is 1.86 bits per heavy atom. The Labute approximate surface area is 211 Å². The van der Waals surface area contributed by atoms with E-state index in [4.69, 9.17) is 4.98 Å². The van der Waals surface area contributed by atoms with E-state index >= 15 is 0 Å². The fourth-order valence-corrected chi connectivity index (χ4v) is 5.84. The van der Waals surface area contributed by atoms with Gasteiger partial charge in [0.05, 0.1) is 11.3 Å². The number of amides is 1. The van der Waals surface area contributed by atoms with Gasteiger partial charge in [0.2, 0.25) is 5.91 Å². The minimum atomic E-state index is -0.141. The van der Waals surface area contributed by atoms with Crippen LogP contribution in [0.15, 0.2) is 82.9 Å². The third-order valence-corrected chi connectivity index (χ3v) is 7.96. The van der Waals surface area contributed by atoms with E-state index in [9.17, 15) is 9.59 Å². The van der Waals surface area contributed by atoms with E-state index in [1.165, 1.54) is 23.1 Å². The summed E-state index contributed by atoms with van der Waals surface area (Å²) in [5.74, 6) is 0.103. The quantitative estimate of drug-likeness (QED) is 0.224. The SMILES string of the molecule is Cc1ccccc1NC(=O)CSc1nc2c(sc3ncccc32)c(=O)n1CC(C)c1ccccc1. The maximum atomic E-state index is 13.7. The molecule has 3 aromatic heterocycles. The van der Waals surface area contributed by atoms with Gasteiger partial charge in [0.1, 0.15) is 9.53 Å². The van der Waals surface area contributed by atoms with Crippen molar-refractivity contribution in [3.8, 4) is 0 Å². The van der Waals surface area contributed by atoms with Gasteiger partial charge in [-0.3, -0.25) is 14.2 Å². The number of pyridine rings is 1. The molecule has 8 heteroatoms. The van der Waals surface area contributed by atoms with E-state index in [0.717, 1.165) is 27.0 Å². The van der Waals surface area contributed by atoms with Crippen LogP contribution >= 0.6 is 23.1 Å². The molecule has 0 aliphatic rings. The highest BCUT2D eigenvalue weighted by Crippen LogP contribution is 2.31. The van der Waals surface area contributed by atoms with Crippen LogP contribution in [-0.2, 0) is 11.3 Å². The summed E-state index contributed by atoms with van der Waals surface area (Å²) >= 11 is 2.65. The lowest BCUT2D eigenvalue weighted by Gasteiger charge is -2.17. The number of nitrogens with one attached hydrogen (secondary N) is 1.